The lowest BCUT2D eigenvalue weighted by molar-refractivity contribution is -0.141. The molecule has 2 aromatic heterocycles. The molecule has 4 aromatic rings. The average molecular weight is 566 g/mol. The van der Waals surface area contributed by atoms with Gasteiger partial charge in [-0.2, -0.15) is 13.2 Å². The maximum atomic E-state index is 12.7. The third kappa shape index (κ3) is 6.91. The molecule has 8 nitrogen and oxygen atoms in total. The minimum absolute atomic E-state index is 0.106. The van der Waals surface area contributed by atoms with E-state index in [1.807, 2.05) is 24.3 Å². The molecular formula is C30H30F3N5O3. The van der Waals surface area contributed by atoms with Gasteiger partial charge >= 0.3 is 6.18 Å². The second-order valence-electron chi connectivity index (χ2n) is 10.2. The molecule has 1 fully saturated rings. The van der Waals surface area contributed by atoms with E-state index in [1.54, 1.807) is 19.2 Å². The summed E-state index contributed by atoms with van der Waals surface area (Å²) in [5, 5.41) is 3.55. The lowest BCUT2D eigenvalue weighted by Gasteiger charge is -2.28. The summed E-state index contributed by atoms with van der Waals surface area (Å²) in [7, 11) is 3.74. The van der Waals surface area contributed by atoms with E-state index in [-0.39, 0.29) is 12.3 Å². The summed E-state index contributed by atoms with van der Waals surface area (Å²) >= 11 is 0. The molecule has 0 spiro atoms. The van der Waals surface area contributed by atoms with Crippen LogP contribution in [-0.4, -0.2) is 59.6 Å². The Labute approximate surface area is 235 Å². The van der Waals surface area contributed by atoms with Crippen LogP contribution in [0.25, 0.3) is 22.2 Å². The highest BCUT2D eigenvalue weighted by Crippen LogP contribution is 2.36. The predicted octanol–water partition coefficient (Wildman–Crippen LogP) is 5.62. The Morgan fingerprint density at radius 2 is 1.78 bits per heavy atom. The van der Waals surface area contributed by atoms with E-state index in [0.717, 1.165) is 54.7 Å². The molecule has 0 radical (unpaired) electrons. The van der Waals surface area contributed by atoms with E-state index in [1.165, 1.54) is 12.4 Å². The summed E-state index contributed by atoms with van der Waals surface area (Å²) in [6.07, 6.45) is 0.128. The van der Waals surface area contributed by atoms with Crippen molar-refractivity contribution in [2.45, 2.75) is 25.4 Å². The number of anilines is 1. The van der Waals surface area contributed by atoms with Crippen molar-refractivity contribution >= 4 is 22.5 Å². The highest BCUT2D eigenvalue weighted by atomic mass is 19.4. The van der Waals surface area contributed by atoms with E-state index >= 15 is 0 Å². The van der Waals surface area contributed by atoms with Crippen molar-refractivity contribution in [2.75, 3.05) is 39.2 Å². The highest BCUT2D eigenvalue weighted by molar-refractivity contribution is 5.95. The number of benzene rings is 2. The number of pyridine rings is 1. The largest absolute Gasteiger partial charge is 0.493 e. The number of fused-ring (bicyclic) bond motifs is 1. The molecule has 0 unspecified atom stereocenters. The molecule has 2 aromatic carbocycles. The summed E-state index contributed by atoms with van der Waals surface area (Å²) in [5.74, 6) is 1.37. The number of methoxy groups -OCH3 is 1. The molecule has 1 aliphatic rings. The fourth-order valence-electron chi connectivity index (χ4n) is 4.80. The molecule has 0 saturated carbocycles. The van der Waals surface area contributed by atoms with Gasteiger partial charge in [0.15, 0.2) is 11.5 Å². The van der Waals surface area contributed by atoms with Crippen LogP contribution in [0, 0.1) is 5.92 Å². The van der Waals surface area contributed by atoms with E-state index in [0.29, 0.717) is 41.0 Å². The quantitative estimate of drug-likeness (QED) is 0.297. The number of carbonyl (C=O) groups is 1. The minimum Gasteiger partial charge on any atom is -0.493 e. The topological polar surface area (TPSA) is 89.5 Å². The molecule has 11 heteroatoms. The van der Waals surface area contributed by atoms with Gasteiger partial charge in [-0.1, -0.05) is 18.2 Å². The number of piperidine rings is 1. The van der Waals surface area contributed by atoms with Gasteiger partial charge in [0.05, 0.1) is 31.3 Å². The highest BCUT2D eigenvalue weighted by Gasteiger charge is 2.32. The minimum atomic E-state index is -4.52. The maximum Gasteiger partial charge on any atom is 0.433 e. The fraction of sp³-hybridized carbons (Fsp3) is 0.333. The molecule has 1 aliphatic heterocycles. The number of hydrogen-bond donors (Lipinski definition) is 1. The number of amides is 1. The standard InChI is InChI=1S/C30H30F3N5O3/c1-38-11-9-19(10-12-38)17-41-26-15-24-23(14-25(26)40-2)29(36-18-35-24)21-4-6-22(7-5-21)37-28(39)13-20-3-8-27(34-16-20)30(31,32)33/h3-8,14-16,18-19H,9-13,17H2,1-2H3,(H,37,39). The second kappa shape index (κ2) is 12.1. The number of aromatic nitrogens is 3. The predicted molar refractivity (Wildman–Crippen MR) is 149 cm³/mol. The van der Waals surface area contributed by atoms with Gasteiger partial charge in [-0.05, 0) is 68.7 Å². The van der Waals surface area contributed by atoms with Crippen molar-refractivity contribution in [3.8, 4) is 22.8 Å². The zero-order chi connectivity index (χ0) is 29.0. The SMILES string of the molecule is COc1cc2c(-c3ccc(NC(=O)Cc4ccc(C(F)(F)F)nc4)cc3)ncnc2cc1OCC1CCN(C)CC1. The number of hydrogen-bond acceptors (Lipinski definition) is 7. The summed E-state index contributed by atoms with van der Waals surface area (Å²) in [5.41, 5.74) is 2.15. The van der Waals surface area contributed by atoms with Crippen molar-refractivity contribution in [3.05, 3.63) is 72.3 Å². The molecule has 5 rings (SSSR count). The third-order valence-electron chi connectivity index (χ3n) is 7.16. The van der Waals surface area contributed by atoms with Gasteiger partial charge in [0.25, 0.3) is 0 Å². The first-order valence-corrected chi connectivity index (χ1v) is 13.3. The van der Waals surface area contributed by atoms with Crippen LogP contribution in [-0.2, 0) is 17.4 Å². The smallest absolute Gasteiger partial charge is 0.433 e. The van der Waals surface area contributed by atoms with Gasteiger partial charge in [0.2, 0.25) is 5.91 Å². The van der Waals surface area contributed by atoms with Crippen molar-refractivity contribution in [1.29, 1.82) is 0 Å². The molecule has 1 N–H and O–H groups in total. The maximum absolute atomic E-state index is 12.7. The number of likely N-dealkylation sites (tertiary alicyclic amines) is 1. The monoisotopic (exact) mass is 565 g/mol. The molecular weight excluding hydrogens is 535 g/mol. The van der Waals surface area contributed by atoms with Crippen LogP contribution in [0.5, 0.6) is 11.5 Å². The molecule has 0 bridgehead atoms. The first-order valence-electron chi connectivity index (χ1n) is 13.3. The number of carbonyl (C=O) groups excluding carboxylic acids is 1. The summed E-state index contributed by atoms with van der Waals surface area (Å²) < 4.78 is 49.9. The lowest BCUT2D eigenvalue weighted by atomic mass is 9.98. The Morgan fingerprint density at radius 3 is 2.44 bits per heavy atom. The Hall–Kier alpha value is -4.25. The van der Waals surface area contributed by atoms with Gasteiger partial charge in [0, 0.05) is 28.9 Å². The lowest BCUT2D eigenvalue weighted by Crippen LogP contribution is -2.32. The molecule has 0 aliphatic carbocycles. The van der Waals surface area contributed by atoms with E-state index < -0.39 is 11.9 Å². The third-order valence-corrected chi connectivity index (χ3v) is 7.16. The van der Waals surface area contributed by atoms with Crippen molar-refractivity contribution in [2.24, 2.45) is 5.92 Å². The van der Waals surface area contributed by atoms with Crippen molar-refractivity contribution in [1.82, 2.24) is 19.9 Å². The van der Waals surface area contributed by atoms with E-state index in [9.17, 15) is 18.0 Å². The van der Waals surface area contributed by atoms with Gasteiger partial charge in [-0.3, -0.25) is 9.78 Å². The molecule has 3 heterocycles. The van der Waals surface area contributed by atoms with E-state index in [2.05, 4.69) is 32.2 Å². The van der Waals surface area contributed by atoms with Gasteiger partial charge in [0.1, 0.15) is 12.0 Å². The van der Waals surface area contributed by atoms with Crippen LogP contribution in [0.3, 0.4) is 0 Å². The summed E-state index contributed by atoms with van der Waals surface area (Å²) in [6, 6.07) is 13.0. The summed E-state index contributed by atoms with van der Waals surface area (Å²) in [6.45, 7) is 2.76. The normalized spacial score (nSPS) is 14.7. The average Bonchev–Trinajstić information content (AvgIpc) is 2.96. The Balaban J connectivity index is 1.27. The van der Waals surface area contributed by atoms with Crippen LogP contribution < -0.4 is 14.8 Å². The molecule has 1 saturated heterocycles. The van der Waals surface area contributed by atoms with Gasteiger partial charge < -0.3 is 19.7 Å². The van der Waals surface area contributed by atoms with Gasteiger partial charge in [-0.15, -0.1) is 0 Å². The van der Waals surface area contributed by atoms with Crippen molar-refractivity contribution in [3.63, 3.8) is 0 Å². The number of halogens is 3. The van der Waals surface area contributed by atoms with Crippen molar-refractivity contribution < 1.29 is 27.4 Å². The van der Waals surface area contributed by atoms with Crippen LogP contribution in [0.15, 0.2) is 61.1 Å². The Kier molecular flexibility index (Phi) is 8.34. The number of rotatable bonds is 8. The van der Waals surface area contributed by atoms with Crippen LogP contribution in [0.4, 0.5) is 18.9 Å². The molecule has 0 atom stereocenters. The zero-order valence-electron chi connectivity index (χ0n) is 22.7. The fourth-order valence-corrected chi connectivity index (χ4v) is 4.80. The first-order chi connectivity index (χ1) is 19.7. The van der Waals surface area contributed by atoms with Gasteiger partial charge in [-0.25, -0.2) is 9.97 Å². The van der Waals surface area contributed by atoms with Crippen LogP contribution >= 0.6 is 0 Å². The number of ether oxygens (including phenoxy) is 2. The number of alkyl halides is 3. The second-order valence-corrected chi connectivity index (χ2v) is 10.2. The summed E-state index contributed by atoms with van der Waals surface area (Å²) in [4.78, 5) is 27.1. The van der Waals surface area contributed by atoms with E-state index in [4.69, 9.17) is 9.47 Å². The van der Waals surface area contributed by atoms with Crippen LogP contribution in [0.1, 0.15) is 24.1 Å². The number of nitrogens with one attached hydrogen (secondary N) is 1. The molecule has 214 valence electrons. The first kappa shape index (κ1) is 28.3. The molecule has 41 heavy (non-hydrogen) atoms. The Morgan fingerprint density at radius 1 is 1.02 bits per heavy atom. The number of nitrogens with zero attached hydrogens (tertiary/aromatic N) is 4. The zero-order valence-corrected chi connectivity index (χ0v) is 22.7. The van der Waals surface area contributed by atoms with Crippen LogP contribution in [0.2, 0.25) is 0 Å². The molecule has 1 amide bonds. The Bertz CT molecular complexity index is 1500.